The zero-order valence-corrected chi connectivity index (χ0v) is 12.7. The van der Waals surface area contributed by atoms with Gasteiger partial charge in [-0.1, -0.05) is 28.1 Å². The van der Waals surface area contributed by atoms with Crippen LogP contribution in [0.2, 0.25) is 0 Å². The van der Waals surface area contributed by atoms with Crippen molar-refractivity contribution in [2.75, 3.05) is 6.54 Å². The van der Waals surface area contributed by atoms with E-state index in [1.54, 1.807) is 0 Å². The Morgan fingerprint density at radius 3 is 2.45 bits per heavy atom. The van der Waals surface area contributed by atoms with Gasteiger partial charge in [-0.15, -0.1) is 0 Å². The highest BCUT2D eigenvalue weighted by Gasteiger charge is 2.50. The summed E-state index contributed by atoms with van der Waals surface area (Å²) in [5.41, 5.74) is 0.251. The van der Waals surface area contributed by atoms with Crippen LogP contribution in [0, 0.1) is 5.41 Å². The molecule has 0 spiro atoms. The third-order valence-corrected chi connectivity index (χ3v) is 4.14. The number of rotatable bonds is 5. The largest absolute Gasteiger partial charge is 0.481 e. The van der Waals surface area contributed by atoms with Crippen LogP contribution in [0.3, 0.4) is 0 Å². The normalized spacial score (nSPS) is 17.1. The molecule has 1 aliphatic carbocycles. The Labute approximate surface area is 125 Å². The molecule has 1 atom stereocenters. The predicted octanol–water partition coefficient (Wildman–Crippen LogP) is 2.67. The number of carboxylic acid groups (broad SMARTS) is 1. The molecule has 2 rings (SSSR count). The van der Waals surface area contributed by atoms with E-state index in [0.717, 1.165) is 10.0 Å². The van der Waals surface area contributed by atoms with Crippen LogP contribution in [-0.4, -0.2) is 23.7 Å². The molecule has 0 aliphatic heterocycles. The topological polar surface area (TPSA) is 78.4 Å². The van der Waals surface area contributed by atoms with Crippen molar-refractivity contribution >= 4 is 27.9 Å². The first-order chi connectivity index (χ1) is 9.43. The van der Waals surface area contributed by atoms with Crippen molar-refractivity contribution in [2.24, 2.45) is 5.41 Å². The van der Waals surface area contributed by atoms with Gasteiger partial charge in [0.25, 0.3) is 0 Å². The Kier molecular flexibility index (Phi) is 4.32. The number of benzene rings is 1. The molecule has 5 nitrogen and oxygen atoms in total. The van der Waals surface area contributed by atoms with Gasteiger partial charge in [0.15, 0.2) is 0 Å². The summed E-state index contributed by atoms with van der Waals surface area (Å²) in [5.74, 6) is -0.834. The van der Waals surface area contributed by atoms with Crippen molar-refractivity contribution < 1.29 is 14.7 Å². The Morgan fingerprint density at radius 1 is 1.35 bits per heavy atom. The zero-order chi connectivity index (χ0) is 14.8. The lowest BCUT2D eigenvalue weighted by atomic mass is 10.1. The van der Waals surface area contributed by atoms with Gasteiger partial charge in [-0.25, -0.2) is 4.79 Å². The molecule has 0 aromatic heterocycles. The molecule has 0 bridgehead atoms. The van der Waals surface area contributed by atoms with E-state index in [1.807, 2.05) is 31.2 Å². The average Bonchev–Trinajstić information content (AvgIpc) is 3.18. The number of hydrogen-bond acceptors (Lipinski definition) is 2. The van der Waals surface area contributed by atoms with Crippen molar-refractivity contribution in [3.05, 3.63) is 34.3 Å². The highest BCUT2D eigenvalue weighted by Crippen LogP contribution is 2.45. The highest BCUT2D eigenvalue weighted by molar-refractivity contribution is 9.10. The summed E-state index contributed by atoms with van der Waals surface area (Å²) in [6.45, 7) is 2.06. The van der Waals surface area contributed by atoms with Gasteiger partial charge in [-0.05, 0) is 37.5 Å². The van der Waals surface area contributed by atoms with E-state index in [0.29, 0.717) is 12.8 Å². The van der Waals surface area contributed by atoms with E-state index in [4.69, 9.17) is 5.11 Å². The van der Waals surface area contributed by atoms with Gasteiger partial charge >= 0.3 is 12.0 Å². The van der Waals surface area contributed by atoms with Crippen LogP contribution in [0.15, 0.2) is 28.7 Å². The fourth-order valence-electron chi connectivity index (χ4n) is 1.95. The summed E-state index contributed by atoms with van der Waals surface area (Å²) in [4.78, 5) is 22.8. The first kappa shape index (κ1) is 14.8. The zero-order valence-electron chi connectivity index (χ0n) is 11.1. The van der Waals surface area contributed by atoms with Crippen LogP contribution in [0.4, 0.5) is 4.79 Å². The molecule has 1 unspecified atom stereocenters. The van der Waals surface area contributed by atoms with E-state index < -0.39 is 11.4 Å². The van der Waals surface area contributed by atoms with E-state index in [9.17, 15) is 9.59 Å². The third kappa shape index (κ3) is 3.50. The standard InChI is InChI=1S/C14H17BrN2O3/c1-9(10-2-4-11(15)5-3-10)17-13(20)16-8-14(6-7-14)12(18)19/h2-5,9H,6-8H2,1H3,(H,18,19)(H2,16,17,20). The first-order valence-electron chi connectivity index (χ1n) is 6.46. The van der Waals surface area contributed by atoms with Gasteiger partial charge in [0.05, 0.1) is 11.5 Å². The number of nitrogens with one attached hydrogen (secondary N) is 2. The third-order valence-electron chi connectivity index (χ3n) is 3.61. The van der Waals surface area contributed by atoms with E-state index in [-0.39, 0.29) is 18.6 Å². The molecule has 1 aromatic rings. The number of carbonyl (C=O) groups excluding carboxylic acids is 1. The summed E-state index contributed by atoms with van der Waals surface area (Å²) in [6.07, 6.45) is 1.26. The Bertz CT molecular complexity index is 512. The second kappa shape index (κ2) is 5.83. The SMILES string of the molecule is CC(NC(=O)NCC1(C(=O)O)CC1)c1ccc(Br)cc1. The summed E-state index contributed by atoms with van der Waals surface area (Å²) < 4.78 is 0.982. The fourth-order valence-corrected chi connectivity index (χ4v) is 2.21. The lowest BCUT2D eigenvalue weighted by Gasteiger charge is -2.17. The lowest BCUT2D eigenvalue weighted by Crippen LogP contribution is -2.41. The Balaban J connectivity index is 1.82. The lowest BCUT2D eigenvalue weighted by molar-refractivity contribution is -0.143. The Hall–Kier alpha value is -1.56. The van der Waals surface area contributed by atoms with Crippen LogP contribution >= 0.6 is 15.9 Å². The van der Waals surface area contributed by atoms with Crippen molar-refractivity contribution in [3.63, 3.8) is 0 Å². The minimum atomic E-state index is -0.834. The van der Waals surface area contributed by atoms with Crippen LogP contribution in [0.5, 0.6) is 0 Å². The molecular formula is C14H17BrN2O3. The van der Waals surface area contributed by atoms with Crippen molar-refractivity contribution in [2.45, 2.75) is 25.8 Å². The molecule has 1 aromatic carbocycles. The molecule has 0 saturated heterocycles. The maximum atomic E-state index is 11.8. The molecule has 3 N–H and O–H groups in total. The van der Waals surface area contributed by atoms with Crippen molar-refractivity contribution in [3.8, 4) is 0 Å². The summed E-state index contributed by atoms with van der Waals surface area (Å²) in [5, 5.41) is 14.5. The first-order valence-corrected chi connectivity index (χ1v) is 7.25. The van der Waals surface area contributed by atoms with Crippen LogP contribution in [0.25, 0.3) is 0 Å². The quantitative estimate of drug-likeness (QED) is 0.770. The van der Waals surface area contributed by atoms with Crippen LogP contribution < -0.4 is 10.6 Å². The van der Waals surface area contributed by atoms with E-state index in [2.05, 4.69) is 26.6 Å². The molecule has 1 aliphatic rings. The number of hydrogen-bond donors (Lipinski definition) is 3. The van der Waals surface area contributed by atoms with Gasteiger partial charge in [-0.2, -0.15) is 0 Å². The number of carbonyl (C=O) groups is 2. The second-order valence-corrected chi connectivity index (χ2v) is 6.10. The summed E-state index contributed by atoms with van der Waals surface area (Å²) in [6, 6.07) is 7.20. The molecule has 2 amide bonds. The van der Waals surface area contributed by atoms with Gasteiger partial charge in [0.2, 0.25) is 0 Å². The number of carboxylic acids is 1. The van der Waals surface area contributed by atoms with Crippen molar-refractivity contribution in [1.82, 2.24) is 10.6 Å². The molecular weight excluding hydrogens is 324 g/mol. The minimum absolute atomic E-state index is 0.136. The molecule has 0 heterocycles. The average molecular weight is 341 g/mol. The minimum Gasteiger partial charge on any atom is -0.481 e. The molecule has 1 saturated carbocycles. The number of amides is 2. The fraction of sp³-hybridized carbons (Fsp3) is 0.429. The number of urea groups is 1. The second-order valence-electron chi connectivity index (χ2n) is 5.19. The molecule has 108 valence electrons. The van der Waals surface area contributed by atoms with E-state index >= 15 is 0 Å². The molecule has 0 radical (unpaired) electrons. The van der Waals surface area contributed by atoms with Gasteiger partial charge in [0, 0.05) is 11.0 Å². The van der Waals surface area contributed by atoms with Crippen LogP contribution in [-0.2, 0) is 4.79 Å². The monoisotopic (exact) mass is 340 g/mol. The van der Waals surface area contributed by atoms with Gasteiger partial charge in [0.1, 0.15) is 0 Å². The Morgan fingerprint density at radius 2 is 1.95 bits per heavy atom. The molecule has 6 heteroatoms. The van der Waals surface area contributed by atoms with Gasteiger partial charge in [-0.3, -0.25) is 4.79 Å². The maximum absolute atomic E-state index is 11.8. The molecule has 20 heavy (non-hydrogen) atoms. The smallest absolute Gasteiger partial charge is 0.315 e. The van der Waals surface area contributed by atoms with E-state index in [1.165, 1.54) is 0 Å². The van der Waals surface area contributed by atoms with Crippen molar-refractivity contribution in [1.29, 1.82) is 0 Å². The van der Waals surface area contributed by atoms with Crippen LogP contribution in [0.1, 0.15) is 31.4 Å². The summed E-state index contributed by atoms with van der Waals surface area (Å²) in [7, 11) is 0. The maximum Gasteiger partial charge on any atom is 0.315 e. The number of halogens is 1. The summed E-state index contributed by atoms with van der Waals surface area (Å²) >= 11 is 3.36. The number of aliphatic carboxylic acids is 1. The molecule has 1 fully saturated rings. The van der Waals surface area contributed by atoms with Gasteiger partial charge < -0.3 is 15.7 Å². The predicted molar refractivity (Wildman–Crippen MR) is 78.4 cm³/mol. The highest BCUT2D eigenvalue weighted by atomic mass is 79.9.